The van der Waals surface area contributed by atoms with Crippen molar-refractivity contribution in [3.8, 4) is 0 Å². The minimum absolute atomic E-state index is 0.00158. The summed E-state index contributed by atoms with van der Waals surface area (Å²) < 4.78 is 102. The topological polar surface area (TPSA) is 233 Å². The van der Waals surface area contributed by atoms with Gasteiger partial charge in [-0.15, -0.1) is 5.06 Å². The molecule has 16 nitrogen and oxygen atoms in total. The number of anilines is 1. The zero-order valence-corrected chi connectivity index (χ0v) is 36.0. The van der Waals surface area contributed by atoms with Gasteiger partial charge in [-0.2, -0.15) is 29.8 Å². The molecule has 2 amide bonds. The summed E-state index contributed by atoms with van der Waals surface area (Å²) >= 11 is 0. The standard InChI is InChI=1S/C40H49N3O13S3/c1-27(13-19-35-40(4,5)31-26-29(59(53,54)55)15-17-33(31)42(35)23-9-10-24-57(47,48)49)12-18-34-39(2,3)30-25-28(58(50,51)52)14-16-32(30)41(34)22-8-6-7-11-38(46)56-43-36(44)20-21-37(43)45/h12-19,25-26H,6-11,20-24H2,1-5H3,(H2-,47,48,49,50,51,52,53,54,55)/p+1. The maximum atomic E-state index is 12.3. The van der Waals surface area contributed by atoms with Gasteiger partial charge in [-0.25, -0.2) is 4.79 Å². The zero-order valence-electron chi connectivity index (χ0n) is 33.5. The maximum absolute atomic E-state index is 12.3. The van der Waals surface area contributed by atoms with E-state index in [-0.39, 0.29) is 35.5 Å². The molecule has 0 saturated carbocycles. The lowest BCUT2D eigenvalue weighted by Gasteiger charge is -2.27. The molecule has 0 atom stereocenters. The van der Waals surface area contributed by atoms with Crippen molar-refractivity contribution >= 4 is 65.2 Å². The van der Waals surface area contributed by atoms with Crippen LogP contribution >= 0.6 is 0 Å². The van der Waals surface area contributed by atoms with Gasteiger partial charge in [0, 0.05) is 66.7 Å². The van der Waals surface area contributed by atoms with E-state index >= 15 is 0 Å². The van der Waals surface area contributed by atoms with E-state index in [1.54, 1.807) is 12.1 Å². The Morgan fingerprint density at radius 3 is 2.03 bits per heavy atom. The first-order chi connectivity index (χ1) is 27.3. The predicted molar refractivity (Wildman–Crippen MR) is 218 cm³/mol. The molecule has 3 heterocycles. The molecule has 0 spiro atoms. The van der Waals surface area contributed by atoms with E-state index in [2.05, 4.69) is 4.58 Å². The highest BCUT2D eigenvalue weighted by molar-refractivity contribution is 7.86. The lowest BCUT2D eigenvalue weighted by Crippen LogP contribution is -2.31. The maximum Gasteiger partial charge on any atom is 0.333 e. The van der Waals surface area contributed by atoms with Crippen LogP contribution in [0, 0.1) is 0 Å². The van der Waals surface area contributed by atoms with Gasteiger partial charge in [0.25, 0.3) is 42.2 Å². The van der Waals surface area contributed by atoms with Crippen LogP contribution < -0.4 is 4.90 Å². The molecule has 2 aromatic rings. The highest BCUT2D eigenvalue weighted by atomic mass is 32.2. The van der Waals surface area contributed by atoms with Crippen LogP contribution in [0.25, 0.3) is 0 Å². The highest BCUT2D eigenvalue weighted by Crippen LogP contribution is 2.49. The van der Waals surface area contributed by atoms with E-state index in [0.717, 1.165) is 22.7 Å². The smallest absolute Gasteiger partial charge is 0.333 e. The number of amides is 2. The number of rotatable bonds is 17. The predicted octanol–water partition coefficient (Wildman–Crippen LogP) is 5.58. The van der Waals surface area contributed by atoms with Crippen molar-refractivity contribution in [2.24, 2.45) is 0 Å². The fraction of sp³-hybridized carbons (Fsp3) is 0.450. The second kappa shape index (κ2) is 17.2. The Morgan fingerprint density at radius 2 is 1.42 bits per heavy atom. The molecule has 3 N–H and O–H groups in total. The average Bonchev–Trinajstić information content (AvgIpc) is 3.64. The van der Waals surface area contributed by atoms with Crippen LogP contribution in [0.5, 0.6) is 0 Å². The molecule has 1 saturated heterocycles. The van der Waals surface area contributed by atoms with E-state index in [1.807, 2.05) is 63.8 Å². The molecule has 3 aliphatic rings. The fourth-order valence-electron chi connectivity index (χ4n) is 7.66. The second-order valence-electron chi connectivity index (χ2n) is 15.9. The third-order valence-corrected chi connectivity index (χ3v) is 13.3. The summed E-state index contributed by atoms with van der Waals surface area (Å²) in [7, 11) is -13.1. The Morgan fingerprint density at radius 1 is 0.814 bits per heavy atom. The largest absolute Gasteiger partial charge is 0.344 e. The number of allylic oxidation sites excluding steroid dienone is 6. The van der Waals surface area contributed by atoms with Gasteiger partial charge in [0.15, 0.2) is 5.71 Å². The van der Waals surface area contributed by atoms with Crippen LogP contribution in [-0.2, 0) is 60.4 Å². The van der Waals surface area contributed by atoms with Crippen LogP contribution in [0.1, 0.15) is 97.1 Å². The number of hydrogen-bond acceptors (Lipinski definition) is 11. The van der Waals surface area contributed by atoms with Crippen molar-refractivity contribution < 1.29 is 62.7 Å². The number of carbonyl (C=O) groups excluding carboxylic acids is 3. The summed E-state index contributed by atoms with van der Waals surface area (Å²) in [6.07, 6.45) is 9.82. The summed E-state index contributed by atoms with van der Waals surface area (Å²) in [5, 5.41) is 0.524. The molecule has 0 radical (unpaired) electrons. The molecule has 0 unspecified atom stereocenters. The lowest BCUT2D eigenvalue weighted by molar-refractivity contribution is -0.438. The fourth-order valence-corrected chi connectivity index (χ4v) is 9.25. The molecule has 320 valence electrons. The summed E-state index contributed by atoms with van der Waals surface area (Å²) in [6.45, 7) is 10.4. The summed E-state index contributed by atoms with van der Waals surface area (Å²) in [5.74, 6) is -2.19. The molecule has 3 aliphatic heterocycles. The Labute approximate surface area is 345 Å². The quantitative estimate of drug-likeness (QED) is 0.0580. The Hall–Kier alpha value is -4.53. The van der Waals surface area contributed by atoms with Gasteiger partial charge in [0.1, 0.15) is 6.54 Å². The van der Waals surface area contributed by atoms with Gasteiger partial charge in [0.05, 0.1) is 21.0 Å². The molecular weight excluding hydrogens is 827 g/mol. The number of nitrogens with zero attached hydrogens (tertiary/aromatic N) is 3. The molecule has 0 aromatic heterocycles. The Bertz CT molecular complexity index is 2500. The Balaban J connectivity index is 1.41. The lowest BCUT2D eigenvalue weighted by atomic mass is 9.81. The Kier molecular flexibility index (Phi) is 13.3. The number of hydrogen-bond donors (Lipinski definition) is 3. The summed E-state index contributed by atoms with van der Waals surface area (Å²) in [6, 6.07) is 8.78. The van der Waals surface area contributed by atoms with Crippen molar-refractivity contribution in [3.63, 3.8) is 0 Å². The number of benzene rings is 2. The number of carbonyl (C=O) groups is 3. The number of fused-ring (bicyclic) bond motifs is 2. The van der Waals surface area contributed by atoms with Crippen molar-refractivity contribution in [2.75, 3.05) is 23.7 Å². The molecular formula is C40H50N3O13S3+. The van der Waals surface area contributed by atoms with Gasteiger partial charge in [-0.3, -0.25) is 23.2 Å². The zero-order chi connectivity index (χ0) is 43.7. The van der Waals surface area contributed by atoms with E-state index < -0.39 is 64.7 Å². The molecule has 0 bridgehead atoms. The normalized spacial score (nSPS) is 18.7. The van der Waals surface area contributed by atoms with Gasteiger partial charge < -0.3 is 9.74 Å². The van der Waals surface area contributed by atoms with Gasteiger partial charge in [-0.1, -0.05) is 31.6 Å². The number of hydroxylamine groups is 2. The van der Waals surface area contributed by atoms with Crippen molar-refractivity contribution in [3.05, 3.63) is 83.1 Å². The van der Waals surface area contributed by atoms with E-state index in [9.17, 15) is 53.3 Å². The van der Waals surface area contributed by atoms with Gasteiger partial charge >= 0.3 is 5.97 Å². The van der Waals surface area contributed by atoms with Crippen LogP contribution in [0.2, 0.25) is 0 Å². The minimum Gasteiger partial charge on any atom is -0.344 e. The molecule has 5 rings (SSSR count). The average molecular weight is 877 g/mol. The van der Waals surface area contributed by atoms with Gasteiger partial charge in [0.2, 0.25) is 5.69 Å². The van der Waals surface area contributed by atoms with E-state index in [4.69, 9.17) is 4.84 Å². The minimum atomic E-state index is -4.49. The van der Waals surface area contributed by atoms with Crippen molar-refractivity contribution in [1.82, 2.24) is 5.06 Å². The number of imide groups is 1. The van der Waals surface area contributed by atoms with Crippen LogP contribution in [0.4, 0.5) is 11.4 Å². The second-order valence-corrected chi connectivity index (χ2v) is 20.3. The van der Waals surface area contributed by atoms with Gasteiger partial charge in [-0.05, 0) is 88.4 Å². The first-order valence-electron chi connectivity index (χ1n) is 19.1. The number of unbranched alkanes of at least 4 members (excludes halogenated alkanes) is 3. The van der Waals surface area contributed by atoms with Crippen LogP contribution in [0.15, 0.2) is 81.8 Å². The van der Waals surface area contributed by atoms with Crippen molar-refractivity contribution in [2.45, 2.75) is 107 Å². The van der Waals surface area contributed by atoms with Crippen LogP contribution in [0.3, 0.4) is 0 Å². The molecule has 0 aliphatic carbocycles. The summed E-state index contributed by atoms with van der Waals surface area (Å²) in [5.41, 5.74) is 3.71. The molecule has 2 aromatic carbocycles. The van der Waals surface area contributed by atoms with E-state index in [0.29, 0.717) is 60.7 Å². The van der Waals surface area contributed by atoms with Crippen LogP contribution in [-0.4, -0.2) is 90.9 Å². The third-order valence-electron chi connectivity index (χ3n) is 10.8. The monoisotopic (exact) mass is 876 g/mol. The summed E-state index contributed by atoms with van der Waals surface area (Å²) in [4.78, 5) is 42.4. The SMILES string of the molecule is CC(C=CC1=[N+](CCCCCC(=O)ON2C(=O)CCC2=O)c2ccc(S(=O)(=O)O)cc2C1(C)C)=CC=C1N(CCCCS(=O)(=O)O)c2ccc(S(=O)(=O)O)cc2C1(C)C. The van der Waals surface area contributed by atoms with E-state index in [1.165, 1.54) is 24.3 Å². The third kappa shape index (κ3) is 10.4. The van der Waals surface area contributed by atoms with Crippen molar-refractivity contribution in [1.29, 1.82) is 0 Å². The molecule has 1 fully saturated rings. The first kappa shape index (κ1) is 45.6. The first-order valence-corrected chi connectivity index (χ1v) is 23.6. The molecule has 19 heteroatoms. The molecule has 59 heavy (non-hydrogen) atoms. The highest BCUT2D eigenvalue weighted by Gasteiger charge is 2.45.